The molecule has 0 unspecified atom stereocenters. The normalized spacial score (nSPS) is 9.12. The van der Waals surface area contributed by atoms with Gasteiger partial charge in [0.15, 0.2) is 0 Å². The van der Waals surface area contributed by atoms with Crippen LogP contribution in [0, 0.1) is 12.3 Å². The number of rotatable bonds is 4. The van der Waals surface area contributed by atoms with E-state index in [1.807, 2.05) is 0 Å². The Hall–Kier alpha value is -2.48. The van der Waals surface area contributed by atoms with Gasteiger partial charge in [0.2, 0.25) is 0 Å². The van der Waals surface area contributed by atoms with Crippen molar-refractivity contribution in [3.05, 3.63) is 29.8 Å². The molecule has 3 N–H and O–H groups in total. The fourth-order valence-corrected chi connectivity index (χ4v) is 1.19. The van der Waals surface area contributed by atoms with E-state index in [0.717, 1.165) is 0 Å². The SMILES string of the molecule is C#CCCNC(=O)Nc1ccccc1C(=O)O. The Bertz CT molecular complexity index is 463. The molecule has 2 amide bonds. The summed E-state index contributed by atoms with van der Waals surface area (Å²) in [6.07, 6.45) is 5.46. The van der Waals surface area contributed by atoms with E-state index in [1.165, 1.54) is 12.1 Å². The van der Waals surface area contributed by atoms with Gasteiger partial charge in [-0.2, -0.15) is 0 Å². The quantitative estimate of drug-likeness (QED) is 0.544. The molecule has 0 spiro atoms. The van der Waals surface area contributed by atoms with Gasteiger partial charge < -0.3 is 15.7 Å². The number of hydrogen-bond acceptors (Lipinski definition) is 2. The number of amides is 2. The molecule has 0 radical (unpaired) electrons. The molecule has 0 fully saturated rings. The number of anilines is 1. The Morgan fingerprint density at radius 1 is 1.35 bits per heavy atom. The zero-order valence-corrected chi connectivity index (χ0v) is 9.06. The number of benzene rings is 1. The number of carboxylic acids is 1. The first-order valence-corrected chi connectivity index (χ1v) is 4.95. The zero-order valence-electron chi connectivity index (χ0n) is 9.06. The van der Waals surface area contributed by atoms with Crippen molar-refractivity contribution >= 4 is 17.7 Å². The summed E-state index contributed by atoms with van der Waals surface area (Å²) in [5.41, 5.74) is 0.290. The number of para-hydroxylation sites is 1. The van der Waals surface area contributed by atoms with Gasteiger partial charge >= 0.3 is 12.0 Å². The lowest BCUT2D eigenvalue weighted by molar-refractivity contribution is 0.0698. The van der Waals surface area contributed by atoms with E-state index in [9.17, 15) is 9.59 Å². The summed E-state index contributed by atoms with van der Waals surface area (Å²) in [5, 5.41) is 13.9. The summed E-state index contributed by atoms with van der Waals surface area (Å²) in [5.74, 6) is 1.29. The molecule has 0 aliphatic carbocycles. The average molecular weight is 232 g/mol. The number of nitrogens with one attached hydrogen (secondary N) is 2. The van der Waals surface area contributed by atoms with Crippen LogP contribution in [0.3, 0.4) is 0 Å². The van der Waals surface area contributed by atoms with Gasteiger partial charge in [-0.25, -0.2) is 9.59 Å². The average Bonchev–Trinajstić information content (AvgIpc) is 2.29. The number of aromatic carboxylic acids is 1. The second-order valence-corrected chi connectivity index (χ2v) is 3.19. The monoisotopic (exact) mass is 232 g/mol. The van der Waals surface area contributed by atoms with E-state index in [0.29, 0.717) is 13.0 Å². The summed E-state index contributed by atoms with van der Waals surface area (Å²) in [4.78, 5) is 22.2. The maximum absolute atomic E-state index is 11.4. The highest BCUT2D eigenvalue weighted by molar-refractivity contribution is 5.99. The Kier molecular flexibility index (Phi) is 4.58. The Labute approximate surface area is 98.8 Å². The third kappa shape index (κ3) is 3.87. The lowest BCUT2D eigenvalue weighted by atomic mass is 10.2. The minimum atomic E-state index is -1.09. The molecule has 5 heteroatoms. The summed E-state index contributed by atoms with van der Waals surface area (Å²) in [7, 11) is 0. The van der Waals surface area contributed by atoms with Crippen LogP contribution in [0.4, 0.5) is 10.5 Å². The van der Waals surface area contributed by atoms with Crippen LogP contribution in [0.2, 0.25) is 0 Å². The number of urea groups is 1. The van der Waals surface area contributed by atoms with E-state index >= 15 is 0 Å². The highest BCUT2D eigenvalue weighted by Crippen LogP contribution is 2.14. The second-order valence-electron chi connectivity index (χ2n) is 3.19. The molecule has 0 saturated carbocycles. The minimum absolute atomic E-state index is 0.0413. The second kappa shape index (κ2) is 6.18. The summed E-state index contributed by atoms with van der Waals surface area (Å²) >= 11 is 0. The maximum Gasteiger partial charge on any atom is 0.337 e. The van der Waals surface area contributed by atoms with E-state index in [1.54, 1.807) is 12.1 Å². The predicted octanol–water partition coefficient (Wildman–Crippen LogP) is 1.53. The van der Waals surface area contributed by atoms with Crippen molar-refractivity contribution in [3.63, 3.8) is 0 Å². The van der Waals surface area contributed by atoms with Crippen molar-refractivity contribution in [1.29, 1.82) is 0 Å². The van der Waals surface area contributed by atoms with Crippen LogP contribution in [0.1, 0.15) is 16.8 Å². The van der Waals surface area contributed by atoms with Gasteiger partial charge in [-0.15, -0.1) is 12.3 Å². The molecule has 88 valence electrons. The number of carboxylic acid groups (broad SMARTS) is 1. The molecular formula is C12H12N2O3. The van der Waals surface area contributed by atoms with Gasteiger partial charge in [0.05, 0.1) is 11.3 Å². The third-order valence-electron chi connectivity index (χ3n) is 1.96. The molecule has 0 aliphatic heterocycles. The van der Waals surface area contributed by atoms with E-state index in [2.05, 4.69) is 16.6 Å². The van der Waals surface area contributed by atoms with Gasteiger partial charge in [0.1, 0.15) is 0 Å². The topological polar surface area (TPSA) is 78.4 Å². The smallest absolute Gasteiger partial charge is 0.337 e. The van der Waals surface area contributed by atoms with Crippen molar-refractivity contribution in [2.24, 2.45) is 0 Å². The summed E-state index contributed by atoms with van der Waals surface area (Å²) in [6, 6.07) is 5.69. The maximum atomic E-state index is 11.4. The van der Waals surface area contributed by atoms with Crippen molar-refractivity contribution in [1.82, 2.24) is 5.32 Å². The third-order valence-corrected chi connectivity index (χ3v) is 1.96. The predicted molar refractivity (Wildman–Crippen MR) is 63.9 cm³/mol. The summed E-state index contributed by atoms with van der Waals surface area (Å²) in [6.45, 7) is 0.345. The molecule has 0 aliphatic rings. The van der Waals surface area contributed by atoms with Crippen LogP contribution >= 0.6 is 0 Å². The first kappa shape index (κ1) is 12.6. The fraction of sp³-hybridized carbons (Fsp3) is 0.167. The molecule has 5 nitrogen and oxygen atoms in total. The number of terminal acetylenes is 1. The Morgan fingerprint density at radius 3 is 2.71 bits per heavy atom. The lowest BCUT2D eigenvalue weighted by Crippen LogP contribution is -2.30. The van der Waals surface area contributed by atoms with Crippen LogP contribution in [-0.2, 0) is 0 Å². The van der Waals surface area contributed by atoms with Gasteiger partial charge in [-0.05, 0) is 12.1 Å². The van der Waals surface area contributed by atoms with Crippen LogP contribution < -0.4 is 10.6 Å². The van der Waals surface area contributed by atoms with E-state index in [4.69, 9.17) is 11.5 Å². The molecule has 1 aromatic rings. The number of hydrogen-bond donors (Lipinski definition) is 3. The molecule has 0 saturated heterocycles. The Morgan fingerprint density at radius 2 is 2.06 bits per heavy atom. The highest BCUT2D eigenvalue weighted by atomic mass is 16.4. The molecule has 1 aromatic carbocycles. The van der Waals surface area contributed by atoms with Gasteiger partial charge in [0.25, 0.3) is 0 Å². The first-order chi connectivity index (χ1) is 8.15. The Balaban J connectivity index is 2.65. The van der Waals surface area contributed by atoms with Crippen LogP contribution in [0.5, 0.6) is 0 Å². The number of carbonyl (C=O) groups is 2. The minimum Gasteiger partial charge on any atom is -0.478 e. The van der Waals surface area contributed by atoms with Crippen LogP contribution in [-0.4, -0.2) is 23.7 Å². The van der Waals surface area contributed by atoms with Crippen LogP contribution in [0.25, 0.3) is 0 Å². The van der Waals surface area contributed by atoms with E-state index < -0.39 is 12.0 Å². The largest absolute Gasteiger partial charge is 0.478 e. The lowest BCUT2D eigenvalue weighted by Gasteiger charge is -2.08. The molecule has 17 heavy (non-hydrogen) atoms. The summed E-state index contributed by atoms with van der Waals surface area (Å²) < 4.78 is 0. The van der Waals surface area contributed by atoms with Gasteiger partial charge in [-0.3, -0.25) is 0 Å². The van der Waals surface area contributed by atoms with Crippen molar-refractivity contribution in [3.8, 4) is 12.3 Å². The van der Waals surface area contributed by atoms with Crippen molar-refractivity contribution < 1.29 is 14.7 Å². The van der Waals surface area contributed by atoms with Crippen LogP contribution in [0.15, 0.2) is 24.3 Å². The van der Waals surface area contributed by atoms with Gasteiger partial charge in [-0.1, -0.05) is 12.1 Å². The van der Waals surface area contributed by atoms with E-state index in [-0.39, 0.29) is 11.3 Å². The molecule has 0 atom stereocenters. The highest BCUT2D eigenvalue weighted by Gasteiger charge is 2.10. The van der Waals surface area contributed by atoms with Crippen molar-refractivity contribution in [2.75, 3.05) is 11.9 Å². The van der Waals surface area contributed by atoms with Crippen molar-refractivity contribution in [2.45, 2.75) is 6.42 Å². The molecule has 0 heterocycles. The first-order valence-electron chi connectivity index (χ1n) is 4.95. The molecule has 0 aromatic heterocycles. The molecule has 0 bridgehead atoms. The van der Waals surface area contributed by atoms with Gasteiger partial charge in [0, 0.05) is 13.0 Å². The number of carbonyl (C=O) groups excluding carboxylic acids is 1. The zero-order chi connectivity index (χ0) is 12.7. The molecular weight excluding hydrogens is 220 g/mol. The fourth-order valence-electron chi connectivity index (χ4n) is 1.19. The molecule has 1 rings (SSSR count). The standard InChI is InChI=1S/C12H12N2O3/c1-2-3-8-13-12(17)14-10-7-5-4-6-9(10)11(15)16/h1,4-7H,3,8H2,(H,15,16)(H2,13,14,17).